The van der Waals surface area contributed by atoms with Crippen LogP contribution in [0.3, 0.4) is 0 Å². The normalized spacial score (nSPS) is 15.0. The zero-order valence-electron chi connectivity index (χ0n) is 17.4. The topological polar surface area (TPSA) is 69.7 Å². The number of carbonyl (C=O) groups is 1. The van der Waals surface area contributed by atoms with Crippen LogP contribution in [0.25, 0.3) is 0 Å². The summed E-state index contributed by atoms with van der Waals surface area (Å²) in [6, 6.07) is 10.9. The number of benzene rings is 2. The molecule has 1 N–H and O–H groups in total. The molecule has 3 rings (SSSR count). The molecular weight excluding hydrogens is 405 g/mol. The number of hydrogen-bond donors (Lipinski definition) is 1. The summed E-state index contributed by atoms with van der Waals surface area (Å²) >= 11 is 0. The highest BCUT2D eigenvalue weighted by Gasteiger charge is 2.27. The summed E-state index contributed by atoms with van der Waals surface area (Å²) in [5, 5.41) is 2.85. The van der Waals surface area contributed by atoms with Crippen LogP contribution >= 0.6 is 0 Å². The molecule has 0 radical (unpaired) electrons. The van der Waals surface area contributed by atoms with Gasteiger partial charge in [0.25, 0.3) is 0 Å². The first-order chi connectivity index (χ1) is 14.3. The van der Waals surface area contributed by atoms with Gasteiger partial charge in [0.05, 0.1) is 16.3 Å². The van der Waals surface area contributed by atoms with E-state index in [1.54, 1.807) is 24.3 Å². The van der Waals surface area contributed by atoms with Crippen LogP contribution in [0.4, 0.5) is 15.8 Å². The lowest BCUT2D eigenvalue weighted by atomic mass is 10.1. The Morgan fingerprint density at radius 1 is 1.07 bits per heavy atom. The van der Waals surface area contributed by atoms with Crippen molar-refractivity contribution in [2.24, 2.45) is 0 Å². The molecule has 0 aromatic heterocycles. The zero-order chi connectivity index (χ0) is 21.7. The summed E-state index contributed by atoms with van der Waals surface area (Å²) in [6.07, 6.45) is 3.45. The van der Waals surface area contributed by atoms with Crippen LogP contribution < -0.4 is 10.2 Å². The summed E-state index contributed by atoms with van der Waals surface area (Å²) in [4.78, 5) is 14.5. The maximum Gasteiger partial charge on any atom is 0.243 e. The Bertz CT molecular complexity index is 985. The van der Waals surface area contributed by atoms with Crippen LogP contribution in [-0.4, -0.2) is 45.8 Å². The molecule has 1 saturated heterocycles. The van der Waals surface area contributed by atoms with Gasteiger partial charge in [-0.1, -0.05) is 18.6 Å². The number of nitrogens with one attached hydrogen (secondary N) is 1. The van der Waals surface area contributed by atoms with E-state index >= 15 is 0 Å². The molecule has 2 aromatic carbocycles. The predicted octanol–water partition coefficient (Wildman–Crippen LogP) is 3.64. The van der Waals surface area contributed by atoms with Crippen molar-refractivity contribution in [1.29, 1.82) is 0 Å². The van der Waals surface area contributed by atoms with Crippen molar-refractivity contribution in [2.75, 3.05) is 37.4 Å². The average Bonchev–Trinajstić information content (AvgIpc) is 2.73. The maximum absolute atomic E-state index is 13.0. The van der Waals surface area contributed by atoms with E-state index in [9.17, 15) is 17.6 Å². The first kappa shape index (κ1) is 22.2. The fourth-order valence-corrected chi connectivity index (χ4v) is 5.09. The number of sulfonamides is 1. The van der Waals surface area contributed by atoms with E-state index in [1.165, 1.54) is 22.5 Å². The van der Waals surface area contributed by atoms with Gasteiger partial charge in [-0.3, -0.25) is 4.79 Å². The molecule has 0 spiro atoms. The molecule has 6 nitrogen and oxygen atoms in total. The van der Waals surface area contributed by atoms with E-state index in [0.717, 1.165) is 30.5 Å². The van der Waals surface area contributed by atoms with Crippen LogP contribution in [0.5, 0.6) is 0 Å². The van der Waals surface area contributed by atoms with Gasteiger partial charge in [-0.2, -0.15) is 4.31 Å². The molecule has 162 valence electrons. The van der Waals surface area contributed by atoms with Crippen molar-refractivity contribution in [3.05, 3.63) is 53.8 Å². The third-order valence-electron chi connectivity index (χ3n) is 5.23. The molecule has 1 aliphatic heterocycles. The summed E-state index contributed by atoms with van der Waals surface area (Å²) in [5.74, 6) is -0.541. The third-order valence-corrected chi connectivity index (χ3v) is 7.13. The Kier molecular flexibility index (Phi) is 7.10. The molecule has 1 amide bonds. The van der Waals surface area contributed by atoms with Gasteiger partial charge in [-0.25, -0.2) is 12.8 Å². The van der Waals surface area contributed by atoms with Crippen molar-refractivity contribution in [1.82, 2.24) is 4.31 Å². The van der Waals surface area contributed by atoms with Gasteiger partial charge < -0.3 is 10.2 Å². The summed E-state index contributed by atoms with van der Waals surface area (Å²) in [5.41, 5.74) is 2.05. The second kappa shape index (κ2) is 9.57. The minimum Gasteiger partial charge on any atom is -0.376 e. The highest BCUT2D eigenvalue weighted by atomic mass is 32.2. The van der Waals surface area contributed by atoms with Crippen molar-refractivity contribution in [2.45, 2.75) is 37.0 Å². The fourth-order valence-electron chi connectivity index (χ4n) is 3.54. The van der Waals surface area contributed by atoms with Gasteiger partial charge in [0, 0.05) is 33.6 Å². The second-order valence-electron chi connectivity index (χ2n) is 7.71. The smallest absolute Gasteiger partial charge is 0.243 e. The molecule has 1 fully saturated rings. The second-order valence-corrected chi connectivity index (χ2v) is 9.65. The Balaban J connectivity index is 1.77. The van der Waals surface area contributed by atoms with Crippen molar-refractivity contribution in [3.8, 4) is 0 Å². The molecule has 0 saturated carbocycles. The van der Waals surface area contributed by atoms with Gasteiger partial charge in [-0.05, 0) is 55.2 Å². The van der Waals surface area contributed by atoms with Gasteiger partial charge in [0.15, 0.2) is 0 Å². The van der Waals surface area contributed by atoms with Crippen molar-refractivity contribution >= 4 is 27.3 Å². The molecule has 0 unspecified atom stereocenters. The lowest BCUT2D eigenvalue weighted by Crippen LogP contribution is -2.35. The van der Waals surface area contributed by atoms with E-state index in [4.69, 9.17) is 0 Å². The molecule has 30 heavy (non-hydrogen) atoms. The van der Waals surface area contributed by atoms with Gasteiger partial charge >= 0.3 is 0 Å². The standard InChI is InChI=1S/C22H28FN3O3S/c1-25(2)21-12-11-19(30(28,29)26-14-4-3-5-15-26)16-20(21)24-22(27)13-8-17-6-9-18(23)10-7-17/h6-7,9-12,16H,3-5,8,13-15H2,1-2H3,(H,24,27). The number of piperidine rings is 1. The van der Waals surface area contributed by atoms with Crippen LogP contribution in [-0.2, 0) is 21.2 Å². The van der Waals surface area contributed by atoms with Crippen LogP contribution in [0.1, 0.15) is 31.2 Å². The van der Waals surface area contributed by atoms with Gasteiger partial charge in [0.1, 0.15) is 5.82 Å². The molecule has 2 aromatic rings. The zero-order valence-corrected chi connectivity index (χ0v) is 18.2. The molecular formula is C22H28FN3O3S. The number of carbonyl (C=O) groups excluding carboxylic acids is 1. The predicted molar refractivity (Wildman–Crippen MR) is 117 cm³/mol. The number of hydrogen-bond acceptors (Lipinski definition) is 4. The summed E-state index contributed by atoms with van der Waals surface area (Å²) in [7, 11) is 0.0771. The van der Waals surface area contributed by atoms with E-state index in [2.05, 4.69) is 5.32 Å². The lowest BCUT2D eigenvalue weighted by molar-refractivity contribution is -0.116. The van der Waals surface area contributed by atoms with Crippen molar-refractivity contribution < 1.29 is 17.6 Å². The number of anilines is 2. The van der Waals surface area contributed by atoms with Crippen LogP contribution in [0.15, 0.2) is 47.4 Å². The molecule has 0 aliphatic carbocycles. The average molecular weight is 434 g/mol. The molecule has 8 heteroatoms. The fraction of sp³-hybridized carbons (Fsp3) is 0.409. The van der Waals surface area contributed by atoms with E-state index in [-0.39, 0.29) is 23.0 Å². The molecule has 1 heterocycles. The molecule has 0 atom stereocenters. The minimum absolute atomic E-state index is 0.184. The Morgan fingerprint density at radius 3 is 2.37 bits per heavy atom. The highest BCUT2D eigenvalue weighted by Crippen LogP contribution is 2.30. The lowest BCUT2D eigenvalue weighted by Gasteiger charge is -2.26. The Labute approximate surface area is 177 Å². The quantitative estimate of drug-likeness (QED) is 0.724. The summed E-state index contributed by atoms with van der Waals surface area (Å²) < 4.78 is 40.6. The van der Waals surface area contributed by atoms with Crippen LogP contribution in [0.2, 0.25) is 0 Å². The summed E-state index contributed by atoms with van der Waals surface area (Å²) in [6.45, 7) is 1.05. The van der Waals surface area contributed by atoms with Gasteiger partial charge in [-0.15, -0.1) is 0 Å². The minimum atomic E-state index is -3.59. The first-order valence-electron chi connectivity index (χ1n) is 10.1. The number of nitrogens with zero attached hydrogens (tertiary/aromatic N) is 2. The Morgan fingerprint density at radius 2 is 1.73 bits per heavy atom. The maximum atomic E-state index is 13.0. The van der Waals surface area contributed by atoms with E-state index in [0.29, 0.717) is 25.2 Å². The number of rotatable bonds is 7. The Hall–Kier alpha value is -2.45. The number of amides is 1. The SMILES string of the molecule is CN(C)c1ccc(S(=O)(=O)N2CCCCC2)cc1NC(=O)CCc1ccc(F)cc1. The third kappa shape index (κ3) is 5.37. The monoisotopic (exact) mass is 433 g/mol. The first-order valence-corrected chi connectivity index (χ1v) is 11.6. The largest absolute Gasteiger partial charge is 0.376 e. The van der Waals surface area contributed by atoms with E-state index in [1.807, 2.05) is 19.0 Å². The highest BCUT2D eigenvalue weighted by molar-refractivity contribution is 7.89. The van der Waals surface area contributed by atoms with E-state index < -0.39 is 10.0 Å². The van der Waals surface area contributed by atoms with Gasteiger partial charge in [0.2, 0.25) is 15.9 Å². The number of halogens is 1. The number of aryl methyl sites for hydroxylation is 1. The van der Waals surface area contributed by atoms with Crippen LogP contribution in [0, 0.1) is 5.82 Å². The van der Waals surface area contributed by atoms with Crippen molar-refractivity contribution in [3.63, 3.8) is 0 Å². The molecule has 0 bridgehead atoms. The molecule has 1 aliphatic rings.